The van der Waals surface area contributed by atoms with E-state index in [1.807, 2.05) is 6.07 Å². The summed E-state index contributed by atoms with van der Waals surface area (Å²) in [7, 11) is 0. The number of hydrogen-bond donors (Lipinski definition) is 0. The van der Waals surface area contributed by atoms with Crippen molar-refractivity contribution >= 4 is 98.8 Å². The van der Waals surface area contributed by atoms with Crippen molar-refractivity contribution in [3.63, 3.8) is 0 Å². The van der Waals surface area contributed by atoms with Gasteiger partial charge in [-0.3, -0.25) is 0 Å². The predicted octanol–water partition coefficient (Wildman–Crippen LogP) is 16.2. The van der Waals surface area contributed by atoms with Crippen molar-refractivity contribution in [1.29, 1.82) is 0 Å². The van der Waals surface area contributed by atoms with Crippen molar-refractivity contribution in [2.75, 3.05) is 0 Å². The number of hydrogen-bond acceptors (Lipinski definition) is 1. The number of furan rings is 1. The molecule has 0 aliphatic carbocycles. The third-order valence-electron chi connectivity index (χ3n) is 12.7. The van der Waals surface area contributed by atoms with Crippen LogP contribution in [-0.4, -0.2) is 14.5 Å². The predicted molar refractivity (Wildman–Crippen MR) is 257 cm³/mol. The summed E-state index contributed by atoms with van der Waals surface area (Å²) >= 11 is 0.0983. The van der Waals surface area contributed by atoms with Crippen LogP contribution in [0.25, 0.3) is 129 Å². The van der Waals surface area contributed by atoms with Crippen LogP contribution in [0.2, 0.25) is 0 Å². The van der Waals surface area contributed by atoms with Crippen LogP contribution < -0.4 is 0 Å². The second kappa shape index (κ2) is 13.1. The summed E-state index contributed by atoms with van der Waals surface area (Å²) in [5, 5.41) is 15.2. The molecule has 1 nitrogen and oxygen atoms in total. The number of rotatable bonds is 4. The van der Waals surface area contributed by atoms with Crippen LogP contribution in [0.5, 0.6) is 0 Å². The summed E-state index contributed by atoms with van der Waals surface area (Å²) in [5.41, 5.74) is 12.1. The third-order valence-corrected chi connectivity index (χ3v) is 15.2. The summed E-state index contributed by atoms with van der Waals surface area (Å²) in [6.07, 6.45) is 0. The first-order valence-corrected chi connectivity index (χ1v) is 22.3. The molecule has 2 aromatic heterocycles. The van der Waals surface area contributed by atoms with E-state index in [0.717, 1.165) is 16.6 Å². The summed E-state index contributed by atoms with van der Waals surface area (Å²) in [6.45, 7) is 0. The van der Waals surface area contributed by atoms with E-state index in [-0.39, 0.29) is 14.5 Å². The first kappa shape index (κ1) is 33.7. The Morgan fingerprint density at radius 1 is 0.283 bits per heavy atom. The first-order valence-electron chi connectivity index (χ1n) is 20.6. The molecule has 2 heterocycles. The molecule has 0 N–H and O–H groups in total. The van der Waals surface area contributed by atoms with Crippen LogP contribution in [-0.2, 0) is 0 Å². The zero-order valence-corrected chi connectivity index (χ0v) is 34.2. The Bertz CT molecular complexity index is 3770. The van der Waals surface area contributed by atoms with Gasteiger partial charge in [-0.2, -0.15) is 0 Å². The van der Waals surface area contributed by atoms with Crippen molar-refractivity contribution < 1.29 is 4.42 Å². The molecule has 2 heteroatoms. The van der Waals surface area contributed by atoms with Crippen LogP contribution in [0.15, 0.2) is 211 Å². The van der Waals surface area contributed by atoms with Crippen LogP contribution in [0.1, 0.15) is 0 Å². The van der Waals surface area contributed by atoms with Crippen LogP contribution in [0, 0.1) is 0 Å². The Balaban J connectivity index is 1.06. The molecule has 0 unspecified atom stereocenters. The fourth-order valence-electron chi connectivity index (χ4n) is 10.2. The van der Waals surface area contributed by atoms with Gasteiger partial charge in [-0.15, -0.1) is 0 Å². The molecule has 0 aliphatic rings. The molecule has 0 aliphatic heterocycles. The molecule has 60 heavy (non-hydrogen) atoms. The van der Waals surface area contributed by atoms with Gasteiger partial charge in [0, 0.05) is 0 Å². The van der Waals surface area contributed by atoms with Crippen molar-refractivity contribution in [1.82, 2.24) is 0 Å². The van der Waals surface area contributed by atoms with E-state index in [1.165, 1.54) is 112 Å². The molecule has 13 rings (SSSR count). The van der Waals surface area contributed by atoms with Gasteiger partial charge in [0.15, 0.2) is 0 Å². The minimum absolute atomic E-state index is 0.0983. The molecule has 13 aromatic rings. The van der Waals surface area contributed by atoms with Gasteiger partial charge in [-0.25, -0.2) is 0 Å². The van der Waals surface area contributed by atoms with E-state index in [9.17, 15) is 0 Å². The standard InChI is InChI=1S/C58H34OSe/c1-2-16-35(17-3-1)53-38-18-4-10-24-44(38)56(45-25-11-5-19-39(45)53)49-29-14-27-46-37-33-32-36(34-52(37)60-58(46)49)54-40-20-6-8-22-42(40)55(43-23-9-7-21-41(43)54)48-28-15-31-51-57(48)47-26-12-13-30-50(47)59-51/h1-34H. The van der Waals surface area contributed by atoms with Crippen molar-refractivity contribution in [3.05, 3.63) is 206 Å². The molecule has 0 spiro atoms. The summed E-state index contributed by atoms with van der Waals surface area (Å²) in [5.74, 6) is 0. The van der Waals surface area contributed by atoms with E-state index >= 15 is 0 Å². The topological polar surface area (TPSA) is 13.1 Å². The molecule has 0 saturated carbocycles. The molecular formula is C58H34OSe. The van der Waals surface area contributed by atoms with Gasteiger partial charge in [0.2, 0.25) is 0 Å². The normalized spacial score (nSPS) is 12.0. The van der Waals surface area contributed by atoms with Crippen LogP contribution in [0.4, 0.5) is 0 Å². The van der Waals surface area contributed by atoms with Crippen molar-refractivity contribution in [3.8, 4) is 44.5 Å². The van der Waals surface area contributed by atoms with Gasteiger partial charge in [0.25, 0.3) is 0 Å². The number of fused-ring (bicyclic) bond motifs is 10. The summed E-state index contributed by atoms with van der Waals surface area (Å²) in [6, 6.07) is 76.1. The zero-order chi connectivity index (χ0) is 39.3. The van der Waals surface area contributed by atoms with Gasteiger partial charge < -0.3 is 0 Å². The number of benzene rings is 11. The van der Waals surface area contributed by atoms with E-state index in [2.05, 4.69) is 200 Å². The van der Waals surface area contributed by atoms with Gasteiger partial charge in [-0.1, -0.05) is 6.07 Å². The zero-order valence-electron chi connectivity index (χ0n) is 32.4. The average Bonchev–Trinajstić information content (AvgIpc) is 3.89. The number of para-hydroxylation sites is 1. The SMILES string of the molecule is c1ccc(-c2c3ccccc3c(-c3cccc4c3[se]c3cc(-c5c6ccccc6c(-c6cccc7oc8ccccc8c67)c6ccccc56)ccc34)c3ccccc23)cc1. The minimum atomic E-state index is 0.0983. The molecule has 0 atom stereocenters. The second-order valence-corrected chi connectivity index (χ2v) is 18.0. The van der Waals surface area contributed by atoms with E-state index in [0.29, 0.717) is 0 Å². The molecular weight excluding hydrogens is 792 g/mol. The Hall–Kier alpha value is -7.22. The van der Waals surface area contributed by atoms with Crippen molar-refractivity contribution in [2.45, 2.75) is 0 Å². The van der Waals surface area contributed by atoms with E-state index < -0.39 is 0 Å². The first-order chi connectivity index (χ1) is 29.8. The molecule has 0 fully saturated rings. The Morgan fingerprint density at radius 2 is 0.733 bits per heavy atom. The molecule has 278 valence electrons. The fourth-order valence-corrected chi connectivity index (χ4v) is 12.8. The van der Waals surface area contributed by atoms with E-state index in [4.69, 9.17) is 4.42 Å². The Kier molecular flexibility index (Phi) is 7.39. The van der Waals surface area contributed by atoms with E-state index in [1.54, 1.807) is 0 Å². The van der Waals surface area contributed by atoms with Gasteiger partial charge in [0.05, 0.1) is 0 Å². The fraction of sp³-hybridized carbons (Fsp3) is 0. The summed E-state index contributed by atoms with van der Waals surface area (Å²) in [4.78, 5) is 0. The quantitative estimate of drug-likeness (QED) is 0.127. The van der Waals surface area contributed by atoms with Gasteiger partial charge in [0.1, 0.15) is 0 Å². The van der Waals surface area contributed by atoms with Gasteiger partial charge >= 0.3 is 348 Å². The van der Waals surface area contributed by atoms with Gasteiger partial charge in [-0.05, 0) is 0 Å². The van der Waals surface area contributed by atoms with Crippen molar-refractivity contribution in [2.24, 2.45) is 0 Å². The molecule has 0 radical (unpaired) electrons. The molecule has 11 aromatic carbocycles. The van der Waals surface area contributed by atoms with Crippen LogP contribution >= 0.6 is 0 Å². The summed E-state index contributed by atoms with van der Waals surface area (Å²) < 4.78 is 9.30. The molecule has 0 saturated heterocycles. The molecule has 0 amide bonds. The molecule has 0 bridgehead atoms. The second-order valence-electron chi connectivity index (χ2n) is 15.8. The maximum atomic E-state index is 6.40. The maximum absolute atomic E-state index is 6.40. The third kappa shape index (κ3) is 4.87. The van der Waals surface area contributed by atoms with Crippen LogP contribution in [0.3, 0.4) is 0 Å². The Labute approximate surface area is 352 Å². The monoisotopic (exact) mass is 826 g/mol. The Morgan fingerprint density at radius 3 is 1.35 bits per heavy atom. The average molecular weight is 826 g/mol.